The minimum Gasteiger partial charge on any atom is -0.444 e. The van der Waals surface area contributed by atoms with Gasteiger partial charge in [-0.25, -0.2) is 9.59 Å². The van der Waals surface area contributed by atoms with Gasteiger partial charge in [-0.3, -0.25) is 9.59 Å². The number of hydrogen-bond acceptors (Lipinski definition) is 8. The highest BCUT2D eigenvalue weighted by Crippen LogP contribution is 2.35. The number of benzene rings is 4. The van der Waals surface area contributed by atoms with E-state index in [1.807, 2.05) is 72.8 Å². The number of anilines is 4. The Morgan fingerprint density at radius 2 is 1.20 bits per heavy atom. The number of ether oxygens (including phenoxy) is 2. The number of amides is 4. The number of alkyl carbamates (subject to hydrolysis) is 2. The number of nitrogen functional groups attached to an aromatic ring is 2. The van der Waals surface area contributed by atoms with E-state index in [0.717, 1.165) is 22.0 Å². The number of nitrogens with two attached hydrogens (primary N) is 2. The van der Waals surface area contributed by atoms with Crippen molar-refractivity contribution in [3.63, 3.8) is 0 Å². The molecular formula is C42H51BrN6O6. The average molecular weight is 816 g/mol. The largest absolute Gasteiger partial charge is 0.444 e. The Kier molecular flexibility index (Phi) is 14.3. The number of para-hydroxylation sites is 2. The van der Waals surface area contributed by atoms with Crippen LogP contribution in [0.1, 0.15) is 63.8 Å². The molecule has 2 heterocycles. The Labute approximate surface area is 331 Å². The lowest BCUT2D eigenvalue weighted by atomic mass is 9.95. The second-order valence-electron chi connectivity index (χ2n) is 15.1. The first-order chi connectivity index (χ1) is 25.9. The van der Waals surface area contributed by atoms with E-state index in [2.05, 4.69) is 44.0 Å². The summed E-state index contributed by atoms with van der Waals surface area (Å²) in [4.78, 5) is 50.7. The maximum absolute atomic E-state index is 13.1. The summed E-state index contributed by atoms with van der Waals surface area (Å²) >= 11 is 3.36. The molecule has 55 heavy (non-hydrogen) atoms. The second kappa shape index (κ2) is 18.7. The molecule has 2 aliphatic heterocycles. The molecule has 0 saturated carbocycles. The number of fused-ring (bicyclic) bond motifs is 2. The Morgan fingerprint density at radius 3 is 1.73 bits per heavy atom. The van der Waals surface area contributed by atoms with Gasteiger partial charge in [-0.1, -0.05) is 101 Å². The molecule has 13 heteroatoms. The number of rotatable bonds is 5. The van der Waals surface area contributed by atoms with Crippen LogP contribution in [0.25, 0.3) is 0 Å². The predicted molar refractivity (Wildman–Crippen MR) is 221 cm³/mol. The summed E-state index contributed by atoms with van der Waals surface area (Å²) in [6, 6.07) is 29.6. The van der Waals surface area contributed by atoms with Gasteiger partial charge in [0, 0.05) is 18.2 Å². The van der Waals surface area contributed by atoms with Crippen molar-refractivity contribution in [1.29, 1.82) is 0 Å². The maximum atomic E-state index is 13.1. The molecule has 4 amide bonds. The third kappa shape index (κ3) is 12.8. The summed E-state index contributed by atoms with van der Waals surface area (Å²) < 4.78 is 10.5. The Bertz CT molecular complexity index is 1950. The third-order valence-electron chi connectivity index (χ3n) is 8.14. The summed E-state index contributed by atoms with van der Waals surface area (Å²) in [5, 5.41) is 8.94. The molecule has 4 aromatic rings. The van der Waals surface area contributed by atoms with E-state index < -0.39 is 35.5 Å². The summed E-state index contributed by atoms with van der Waals surface area (Å²) in [6.07, 6.45) is -0.437. The zero-order valence-corrected chi connectivity index (χ0v) is 33.7. The molecule has 2 atom stereocenters. The third-order valence-corrected chi connectivity index (χ3v) is 8.79. The molecule has 292 valence electrons. The second-order valence-corrected chi connectivity index (χ2v) is 15.6. The number of halogens is 1. The summed E-state index contributed by atoms with van der Waals surface area (Å²) in [6.45, 7) is 11.0. The minimum absolute atomic E-state index is 0.199. The topological polar surface area (TPSA) is 178 Å². The first-order valence-electron chi connectivity index (χ1n) is 17.9. The highest BCUT2D eigenvalue weighted by molar-refractivity contribution is 9.08. The van der Waals surface area contributed by atoms with Crippen molar-refractivity contribution in [2.24, 2.45) is 0 Å². The Hall–Kier alpha value is -5.56. The summed E-state index contributed by atoms with van der Waals surface area (Å²) in [5.74, 6) is -0.489. The van der Waals surface area contributed by atoms with Crippen LogP contribution in [-0.2, 0) is 43.8 Å². The van der Waals surface area contributed by atoms with Gasteiger partial charge in [0.2, 0.25) is 11.8 Å². The van der Waals surface area contributed by atoms with Gasteiger partial charge in [0.25, 0.3) is 0 Å². The van der Waals surface area contributed by atoms with Crippen molar-refractivity contribution in [2.45, 2.75) is 89.5 Å². The van der Waals surface area contributed by atoms with Gasteiger partial charge in [0.1, 0.15) is 23.3 Å². The Balaban J connectivity index is 0.000000209. The average Bonchev–Trinajstić information content (AvgIpc) is 3.11. The van der Waals surface area contributed by atoms with E-state index in [0.29, 0.717) is 42.1 Å². The van der Waals surface area contributed by atoms with Crippen LogP contribution in [0.3, 0.4) is 0 Å². The fourth-order valence-corrected chi connectivity index (χ4v) is 6.17. The molecule has 0 bridgehead atoms. The molecule has 2 unspecified atom stereocenters. The van der Waals surface area contributed by atoms with E-state index in [1.54, 1.807) is 58.6 Å². The maximum Gasteiger partial charge on any atom is 0.408 e. The number of carbonyl (C=O) groups excluding carboxylic acids is 4. The first kappa shape index (κ1) is 42.2. The summed E-state index contributed by atoms with van der Waals surface area (Å²) in [7, 11) is 0. The number of carbonyl (C=O) groups is 4. The quantitative estimate of drug-likeness (QED) is 0.102. The van der Waals surface area contributed by atoms with Crippen LogP contribution in [0.2, 0.25) is 0 Å². The molecule has 0 aromatic heterocycles. The first-order valence-corrected chi connectivity index (χ1v) is 19.1. The number of hydrogen-bond donors (Lipinski definition) is 5. The smallest absolute Gasteiger partial charge is 0.408 e. The lowest BCUT2D eigenvalue weighted by molar-refractivity contribution is -0.121. The molecule has 12 nitrogen and oxygen atoms in total. The van der Waals surface area contributed by atoms with Crippen LogP contribution >= 0.6 is 15.9 Å². The normalized spacial score (nSPS) is 16.0. The molecule has 0 aliphatic carbocycles. The van der Waals surface area contributed by atoms with Gasteiger partial charge in [-0.05, 0) is 75.9 Å². The van der Waals surface area contributed by atoms with Gasteiger partial charge in [0.15, 0.2) is 0 Å². The molecule has 0 radical (unpaired) electrons. The van der Waals surface area contributed by atoms with E-state index in [9.17, 15) is 19.2 Å². The van der Waals surface area contributed by atoms with E-state index in [4.69, 9.17) is 20.9 Å². The fraction of sp³-hybridized carbons (Fsp3) is 0.333. The highest BCUT2D eigenvalue weighted by Gasteiger charge is 2.36. The van der Waals surface area contributed by atoms with Crippen molar-refractivity contribution in [1.82, 2.24) is 10.6 Å². The standard InChI is InChI=1S/C21H25N3O3.C14H19N3O3.C7H7Br/c1-21(2,3)27-20(26)23-17-12-15-10-7-11-16(22)18(15)24(19(17)25)13-14-8-5-4-6-9-14;1-14(2,3)20-13(19)16-10-7-8-5-4-6-9(15)11(8)17-12(10)18;8-6-7-4-2-1-3-5-7/h4-11,17H,12-13,22H2,1-3H3,(H,23,26);4-6,10H,7,15H2,1-3H3,(H,16,19)(H,17,18);1-5H,6H2. The lowest BCUT2D eigenvalue weighted by Crippen LogP contribution is -2.53. The van der Waals surface area contributed by atoms with Crippen LogP contribution in [0.15, 0.2) is 97.1 Å². The van der Waals surface area contributed by atoms with Gasteiger partial charge < -0.3 is 41.8 Å². The predicted octanol–water partition coefficient (Wildman–Crippen LogP) is 7.49. The summed E-state index contributed by atoms with van der Waals surface area (Å²) in [5.41, 5.74) is 17.3. The molecule has 0 fully saturated rings. The van der Waals surface area contributed by atoms with Crippen molar-refractivity contribution in [3.05, 3.63) is 119 Å². The van der Waals surface area contributed by atoms with Gasteiger partial charge in [0.05, 0.1) is 29.3 Å². The number of alkyl halides is 1. The van der Waals surface area contributed by atoms with Crippen LogP contribution < -0.4 is 32.3 Å². The molecule has 7 N–H and O–H groups in total. The van der Waals surface area contributed by atoms with Crippen molar-refractivity contribution < 1.29 is 28.7 Å². The van der Waals surface area contributed by atoms with Crippen molar-refractivity contribution >= 4 is 62.7 Å². The van der Waals surface area contributed by atoms with Gasteiger partial charge in [-0.15, -0.1) is 0 Å². The zero-order valence-electron chi connectivity index (χ0n) is 32.2. The van der Waals surface area contributed by atoms with Gasteiger partial charge in [-0.2, -0.15) is 0 Å². The Morgan fingerprint density at radius 1 is 0.709 bits per heavy atom. The molecule has 0 saturated heterocycles. The molecule has 2 aliphatic rings. The fourth-order valence-electron chi connectivity index (χ4n) is 5.80. The van der Waals surface area contributed by atoms with Crippen LogP contribution in [0.4, 0.5) is 32.3 Å². The number of nitrogens with one attached hydrogen (secondary N) is 3. The SMILES string of the molecule is BrCc1ccccc1.CC(C)(C)OC(=O)NC1Cc2cccc(N)c2N(Cc2ccccc2)C1=O.CC(C)(C)OC(=O)NC1Cc2cccc(N)c2NC1=O. The van der Waals surface area contributed by atoms with Crippen LogP contribution in [0, 0.1) is 0 Å². The van der Waals surface area contributed by atoms with E-state index in [-0.39, 0.29) is 11.8 Å². The molecule has 6 rings (SSSR count). The van der Waals surface area contributed by atoms with E-state index in [1.165, 1.54) is 5.56 Å². The molecular weight excluding hydrogens is 764 g/mol. The minimum atomic E-state index is -0.696. The molecule has 4 aromatic carbocycles. The lowest BCUT2D eigenvalue weighted by Gasteiger charge is -2.35. The van der Waals surface area contributed by atoms with Crippen molar-refractivity contribution in [2.75, 3.05) is 21.7 Å². The highest BCUT2D eigenvalue weighted by atomic mass is 79.9. The van der Waals surface area contributed by atoms with Crippen LogP contribution in [0.5, 0.6) is 0 Å². The van der Waals surface area contributed by atoms with Crippen LogP contribution in [-0.4, -0.2) is 47.3 Å². The monoisotopic (exact) mass is 814 g/mol. The van der Waals surface area contributed by atoms with Crippen molar-refractivity contribution in [3.8, 4) is 0 Å². The van der Waals surface area contributed by atoms with E-state index >= 15 is 0 Å². The van der Waals surface area contributed by atoms with Gasteiger partial charge >= 0.3 is 12.2 Å². The molecule has 0 spiro atoms. The zero-order chi connectivity index (χ0) is 40.3. The number of nitrogens with zero attached hydrogens (tertiary/aromatic N) is 1.